The highest BCUT2D eigenvalue weighted by molar-refractivity contribution is 5.78. The average molecular weight is 226 g/mol. The highest BCUT2D eigenvalue weighted by Crippen LogP contribution is 2.18. The van der Waals surface area contributed by atoms with Crippen molar-refractivity contribution in [2.75, 3.05) is 13.2 Å². The normalized spacial score (nSPS) is 14.3. The first-order chi connectivity index (χ1) is 6.74. The number of Topliss-reactive ketones (excluding diaryl/α,β-unsaturated/α-hetero) is 1. The van der Waals surface area contributed by atoms with Crippen LogP contribution in [0.1, 0.15) is 27.2 Å². The van der Waals surface area contributed by atoms with Crippen molar-refractivity contribution in [3.05, 3.63) is 0 Å². The first-order valence-corrected chi connectivity index (χ1v) is 4.89. The molecule has 0 fully saturated rings. The first kappa shape index (κ1) is 14.4. The number of ketones is 1. The Morgan fingerprint density at radius 1 is 1.33 bits per heavy atom. The van der Waals surface area contributed by atoms with Crippen molar-refractivity contribution in [1.29, 1.82) is 0 Å². The molecule has 0 saturated carbocycles. The summed E-state index contributed by atoms with van der Waals surface area (Å²) in [6.07, 6.45) is -3.94. The van der Waals surface area contributed by atoms with E-state index in [1.807, 2.05) is 13.8 Å². The summed E-state index contributed by atoms with van der Waals surface area (Å²) in [5.74, 6) is -0.0733. The third-order valence-corrected chi connectivity index (χ3v) is 2.17. The molecule has 5 heteroatoms. The van der Waals surface area contributed by atoms with Crippen LogP contribution in [0.5, 0.6) is 0 Å². The molecule has 0 heterocycles. The molecule has 1 unspecified atom stereocenters. The van der Waals surface area contributed by atoms with Crippen molar-refractivity contribution >= 4 is 5.78 Å². The van der Waals surface area contributed by atoms with E-state index >= 15 is 0 Å². The van der Waals surface area contributed by atoms with Gasteiger partial charge < -0.3 is 4.74 Å². The zero-order valence-corrected chi connectivity index (χ0v) is 9.23. The van der Waals surface area contributed by atoms with Gasteiger partial charge >= 0.3 is 6.18 Å². The molecule has 0 spiro atoms. The Labute approximate surface area is 87.8 Å². The minimum absolute atomic E-state index is 0.000564. The van der Waals surface area contributed by atoms with E-state index in [0.29, 0.717) is 6.42 Å². The molecule has 0 bridgehead atoms. The lowest BCUT2D eigenvalue weighted by atomic mass is 9.89. The zero-order valence-electron chi connectivity index (χ0n) is 9.23. The molecule has 0 N–H and O–H groups in total. The minimum atomic E-state index is -4.29. The molecule has 90 valence electrons. The van der Waals surface area contributed by atoms with Gasteiger partial charge in [0.2, 0.25) is 0 Å². The number of carbonyl (C=O) groups is 1. The molecule has 1 atom stereocenters. The molecular formula is C10H17F3O2. The van der Waals surface area contributed by atoms with E-state index < -0.39 is 12.8 Å². The second-order valence-electron chi connectivity index (χ2n) is 3.92. The lowest BCUT2D eigenvalue weighted by Crippen LogP contribution is -2.22. The van der Waals surface area contributed by atoms with Crippen LogP contribution in [0, 0.1) is 11.8 Å². The highest BCUT2D eigenvalue weighted by Gasteiger charge is 2.27. The largest absolute Gasteiger partial charge is 0.411 e. The van der Waals surface area contributed by atoms with Crippen molar-refractivity contribution in [3.63, 3.8) is 0 Å². The monoisotopic (exact) mass is 226 g/mol. The summed E-state index contributed by atoms with van der Waals surface area (Å²) in [6.45, 7) is 3.93. The SMILES string of the molecule is CC(=O)C(CCOCC(F)(F)F)C(C)C. The molecule has 0 aromatic rings. The lowest BCUT2D eigenvalue weighted by molar-refractivity contribution is -0.174. The van der Waals surface area contributed by atoms with Gasteiger partial charge in [0.05, 0.1) is 0 Å². The summed E-state index contributed by atoms with van der Waals surface area (Å²) in [5.41, 5.74) is 0. The van der Waals surface area contributed by atoms with Gasteiger partial charge in [0.1, 0.15) is 12.4 Å². The summed E-state index contributed by atoms with van der Waals surface area (Å²) < 4.78 is 39.6. The van der Waals surface area contributed by atoms with Gasteiger partial charge in [0.15, 0.2) is 0 Å². The van der Waals surface area contributed by atoms with Gasteiger partial charge in [-0.3, -0.25) is 4.79 Å². The standard InChI is InChI=1S/C10H17F3O2/c1-7(2)9(8(3)14)4-5-15-6-10(11,12)13/h7,9H,4-6H2,1-3H3. The predicted octanol–water partition coefficient (Wildman–Crippen LogP) is 2.82. The van der Waals surface area contributed by atoms with E-state index in [4.69, 9.17) is 0 Å². The number of hydrogen-bond acceptors (Lipinski definition) is 2. The average Bonchev–Trinajstić information content (AvgIpc) is 2.00. The van der Waals surface area contributed by atoms with Crippen LogP contribution in [-0.2, 0) is 9.53 Å². The Bertz CT molecular complexity index is 199. The van der Waals surface area contributed by atoms with Crippen LogP contribution in [0.15, 0.2) is 0 Å². The molecule has 0 aliphatic heterocycles. The molecule has 2 nitrogen and oxygen atoms in total. The summed E-state index contributed by atoms with van der Waals surface area (Å²) in [5, 5.41) is 0. The lowest BCUT2D eigenvalue weighted by Gasteiger charge is -2.17. The Morgan fingerprint density at radius 3 is 2.20 bits per heavy atom. The van der Waals surface area contributed by atoms with E-state index in [-0.39, 0.29) is 24.2 Å². The van der Waals surface area contributed by atoms with Crippen LogP contribution in [0.2, 0.25) is 0 Å². The Kier molecular flexibility index (Phi) is 5.87. The number of alkyl halides is 3. The second kappa shape index (κ2) is 6.10. The van der Waals surface area contributed by atoms with E-state index in [0.717, 1.165) is 0 Å². The fourth-order valence-corrected chi connectivity index (χ4v) is 1.40. The van der Waals surface area contributed by atoms with Crippen LogP contribution in [0.25, 0.3) is 0 Å². The number of ether oxygens (including phenoxy) is 1. The van der Waals surface area contributed by atoms with Crippen LogP contribution >= 0.6 is 0 Å². The summed E-state index contributed by atoms with van der Waals surface area (Å²) in [6, 6.07) is 0. The molecule has 0 saturated heterocycles. The Balaban J connectivity index is 3.78. The van der Waals surface area contributed by atoms with E-state index in [9.17, 15) is 18.0 Å². The first-order valence-electron chi connectivity index (χ1n) is 4.89. The van der Waals surface area contributed by atoms with Gasteiger partial charge in [0, 0.05) is 12.5 Å². The number of rotatable bonds is 6. The van der Waals surface area contributed by atoms with Gasteiger partial charge in [-0.1, -0.05) is 13.8 Å². The number of carbonyl (C=O) groups excluding carboxylic acids is 1. The van der Waals surface area contributed by atoms with Gasteiger partial charge in [-0.05, 0) is 19.3 Å². The van der Waals surface area contributed by atoms with Crippen LogP contribution in [-0.4, -0.2) is 25.2 Å². The van der Waals surface area contributed by atoms with Gasteiger partial charge in [-0.15, -0.1) is 0 Å². The quantitative estimate of drug-likeness (QED) is 0.651. The molecule has 0 aromatic carbocycles. The molecular weight excluding hydrogens is 209 g/mol. The van der Waals surface area contributed by atoms with Crippen molar-refractivity contribution in [3.8, 4) is 0 Å². The highest BCUT2D eigenvalue weighted by atomic mass is 19.4. The molecule has 0 aromatic heterocycles. The fourth-order valence-electron chi connectivity index (χ4n) is 1.40. The third-order valence-electron chi connectivity index (χ3n) is 2.17. The van der Waals surface area contributed by atoms with Gasteiger partial charge in [-0.25, -0.2) is 0 Å². The van der Waals surface area contributed by atoms with Crippen LogP contribution in [0.4, 0.5) is 13.2 Å². The maximum absolute atomic E-state index is 11.7. The summed E-state index contributed by atoms with van der Waals surface area (Å²) in [4.78, 5) is 11.1. The summed E-state index contributed by atoms with van der Waals surface area (Å²) >= 11 is 0. The van der Waals surface area contributed by atoms with Crippen molar-refractivity contribution < 1.29 is 22.7 Å². The molecule has 0 aliphatic carbocycles. The fraction of sp³-hybridized carbons (Fsp3) is 0.900. The molecule has 0 amide bonds. The maximum atomic E-state index is 11.7. The topological polar surface area (TPSA) is 26.3 Å². The zero-order chi connectivity index (χ0) is 12.1. The van der Waals surface area contributed by atoms with Crippen molar-refractivity contribution in [2.24, 2.45) is 11.8 Å². The minimum Gasteiger partial charge on any atom is -0.372 e. The van der Waals surface area contributed by atoms with Crippen molar-refractivity contribution in [2.45, 2.75) is 33.4 Å². The van der Waals surface area contributed by atoms with Crippen molar-refractivity contribution in [1.82, 2.24) is 0 Å². The number of halogens is 3. The van der Waals surface area contributed by atoms with Crippen LogP contribution in [0.3, 0.4) is 0 Å². The van der Waals surface area contributed by atoms with E-state index in [1.165, 1.54) is 6.92 Å². The number of hydrogen-bond donors (Lipinski definition) is 0. The van der Waals surface area contributed by atoms with E-state index in [2.05, 4.69) is 4.74 Å². The van der Waals surface area contributed by atoms with Gasteiger partial charge in [0.25, 0.3) is 0 Å². The van der Waals surface area contributed by atoms with E-state index in [1.54, 1.807) is 0 Å². The van der Waals surface area contributed by atoms with Gasteiger partial charge in [-0.2, -0.15) is 13.2 Å². The van der Waals surface area contributed by atoms with Crippen LogP contribution < -0.4 is 0 Å². The predicted molar refractivity (Wildman–Crippen MR) is 50.5 cm³/mol. The summed E-state index contributed by atoms with van der Waals surface area (Å²) in [7, 11) is 0. The maximum Gasteiger partial charge on any atom is 0.411 e. The Morgan fingerprint density at radius 2 is 1.87 bits per heavy atom. The smallest absolute Gasteiger partial charge is 0.372 e. The molecule has 0 radical (unpaired) electrons. The molecule has 0 rings (SSSR count). The molecule has 15 heavy (non-hydrogen) atoms. The second-order valence-corrected chi connectivity index (χ2v) is 3.92. The third kappa shape index (κ3) is 7.36. The molecule has 0 aliphatic rings. The Hall–Kier alpha value is -0.580.